The Morgan fingerprint density at radius 2 is 2.35 bits per heavy atom. The van der Waals surface area contributed by atoms with Crippen LogP contribution in [0.2, 0.25) is 0 Å². The van der Waals surface area contributed by atoms with Gasteiger partial charge in [-0.05, 0) is 38.2 Å². The first kappa shape index (κ1) is 13.6. The Kier molecular flexibility index (Phi) is 4.05. The summed E-state index contributed by atoms with van der Waals surface area (Å²) in [5, 5.41) is 4.33. The summed E-state index contributed by atoms with van der Waals surface area (Å²) in [6.07, 6.45) is 8.91. The number of nitrogens with zero attached hydrogens (tertiary/aromatic N) is 3. The Morgan fingerprint density at radius 3 is 3.05 bits per heavy atom. The van der Waals surface area contributed by atoms with E-state index in [0.29, 0.717) is 12.5 Å². The van der Waals surface area contributed by atoms with Crippen molar-refractivity contribution < 1.29 is 9.53 Å². The molecule has 0 aliphatic carbocycles. The molecule has 20 heavy (non-hydrogen) atoms. The van der Waals surface area contributed by atoms with Crippen LogP contribution < -0.4 is 0 Å². The van der Waals surface area contributed by atoms with Gasteiger partial charge in [-0.15, -0.1) is 0 Å². The Bertz CT molecular complexity index is 465. The smallest absolute Gasteiger partial charge is 0.225 e. The van der Waals surface area contributed by atoms with Crippen molar-refractivity contribution in [2.75, 3.05) is 13.2 Å². The molecule has 3 heterocycles. The van der Waals surface area contributed by atoms with E-state index in [1.54, 1.807) is 0 Å². The quantitative estimate of drug-likeness (QED) is 0.842. The van der Waals surface area contributed by atoms with Crippen molar-refractivity contribution in [1.29, 1.82) is 0 Å². The highest BCUT2D eigenvalue weighted by Gasteiger charge is 2.31. The molecule has 0 unspecified atom stereocenters. The summed E-state index contributed by atoms with van der Waals surface area (Å²) < 4.78 is 7.53. The van der Waals surface area contributed by atoms with Crippen molar-refractivity contribution >= 4 is 5.91 Å². The van der Waals surface area contributed by atoms with E-state index < -0.39 is 0 Å². The van der Waals surface area contributed by atoms with E-state index in [1.807, 2.05) is 28.9 Å². The van der Waals surface area contributed by atoms with Crippen LogP contribution in [0.5, 0.6) is 0 Å². The van der Waals surface area contributed by atoms with Gasteiger partial charge >= 0.3 is 0 Å². The molecule has 1 aromatic heterocycles. The van der Waals surface area contributed by atoms with Crippen molar-refractivity contribution in [2.45, 2.75) is 57.7 Å². The summed E-state index contributed by atoms with van der Waals surface area (Å²) in [7, 11) is 0. The van der Waals surface area contributed by atoms with Gasteiger partial charge in [-0.3, -0.25) is 9.48 Å². The van der Waals surface area contributed by atoms with Crippen LogP contribution in [0.3, 0.4) is 0 Å². The molecule has 2 fully saturated rings. The summed E-state index contributed by atoms with van der Waals surface area (Å²) in [5.41, 5.74) is 1.17. The zero-order valence-electron chi connectivity index (χ0n) is 12.1. The monoisotopic (exact) mass is 277 g/mol. The predicted molar refractivity (Wildman–Crippen MR) is 75.3 cm³/mol. The van der Waals surface area contributed by atoms with Crippen molar-refractivity contribution in [3.63, 3.8) is 0 Å². The number of aromatic nitrogens is 2. The van der Waals surface area contributed by atoms with Gasteiger partial charge in [0.25, 0.3) is 0 Å². The lowest BCUT2D eigenvalue weighted by Gasteiger charge is -2.25. The molecule has 1 amide bonds. The summed E-state index contributed by atoms with van der Waals surface area (Å²) in [6.45, 7) is 4.55. The molecule has 110 valence electrons. The minimum absolute atomic E-state index is 0.149. The van der Waals surface area contributed by atoms with E-state index in [0.717, 1.165) is 45.4 Å². The van der Waals surface area contributed by atoms with Crippen LogP contribution in [0.25, 0.3) is 0 Å². The topological polar surface area (TPSA) is 47.4 Å². The number of likely N-dealkylation sites (tertiary alicyclic amines) is 1. The number of hydrogen-bond donors (Lipinski definition) is 0. The van der Waals surface area contributed by atoms with E-state index in [4.69, 9.17) is 4.74 Å². The first-order valence-corrected chi connectivity index (χ1v) is 7.62. The van der Waals surface area contributed by atoms with E-state index in [-0.39, 0.29) is 12.0 Å². The molecule has 1 aromatic rings. The number of carbonyl (C=O) groups is 1. The highest BCUT2D eigenvalue weighted by Crippen LogP contribution is 2.23. The molecule has 5 nitrogen and oxygen atoms in total. The summed E-state index contributed by atoms with van der Waals surface area (Å²) >= 11 is 0. The molecular formula is C15H23N3O2. The highest BCUT2D eigenvalue weighted by molar-refractivity contribution is 5.77. The molecule has 2 aliphatic rings. The fraction of sp³-hybridized carbons (Fsp3) is 0.733. The number of aryl methyl sites for hydroxylation is 1. The Hall–Kier alpha value is -1.36. The van der Waals surface area contributed by atoms with Crippen molar-refractivity contribution in [3.8, 4) is 0 Å². The lowest BCUT2D eigenvalue weighted by Crippen LogP contribution is -2.39. The third-order valence-electron chi connectivity index (χ3n) is 4.28. The first-order valence-electron chi connectivity index (χ1n) is 7.62. The molecule has 0 radical (unpaired) electrons. The molecule has 0 spiro atoms. The van der Waals surface area contributed by atoms with Crippen LogP contribution >= 0.6 is 0 Å². The van der Waals surface area contributed by atoms with E-state index in [1.165, 1.54) is 5.56 Å². The Morgan fingerprint density at radius 1 is 1.45 bits per heavy atom. The van der Waals surface area contributed by atoms with Gasteiger partial charge < -0.3 is 9.64 Å². The van der Waals surface area contributed by atoms with Crippen LogP contribution in [0.15, 0.2) is 12.4 Å². The fourth-order valence-corrected chi connectivity index (χ4v) is 3.25. The maximum Gasteiger partial charge on any atom is 0.225 e. The number of carbonyl (C=O) groups excluding carboxylic acids is 1. The van der Waals surface area contributed by atoms with E-state index >= 15 is 0 Å². The summed E-state index contributed by atoms with van der Waals surface area (Å²) in [6, 6.07) is 0.295. The number of hydrogen-bond acceptors (Lipinski definition) is 3. The van der Waals surface area contributed by atoms with E-state index in [9.17, 15) is 4.79 Å². The van der Waals surface area contributed by atoms with Crippen LogP contribution in [0.4, 0.5) is 0 Å². The second-order valence-corrected chi connectivity index (χ2v) is 5.96. The van der Waals surface area contributed by atoms with Crippen LogP contribution in [-0.4, -0.2) is 45.9 Å². The van der Waals surface area contributed by atoms with E-state index in [2.05, 4.69) is 5.10 Å². The largest absolute Gasteiger partial charge is 0.378 e. The zero-order valence-corrected chi connectivity index (χ0v) is 12.1. The second kappa shape index (κ2) is 5.95. The Balaban J connectivity index is 1.58. The number of amides is 1. The number of rotatable bonds is 4. The van der Waals surface area contributed by atoms with Gasteiger partial charge in [0.1, 0.15) is 0 Å². The Labute approximate surface area is 119 Å². The predicted octanol–water partition coefficient (Wildman–Crippen LogP) is 1.75. The van der Waals surface area contributed by atoms with Crippen LogP contribution in [-0.2, 0) is 16.1 Å². The molecule has 0 aromatic carbocycles. The van der Waals surface area contributed by atoms with Crippen molar-refractivity contribution in [3.05, 3.63) is 18.0 Å². The third kappa shape index (κ3) is 3.03. The lowest BCUT2D eigenvalue weighted by atomic mass is 10.1. The lowest BCUT2D eigenvalue weighted by molar-refractivity contribution is -0.134. The molecule has 2 saturated heterocycles. The first-order chi connectivity index (χ1) is 9.72. The molecule has 2 atom stereocenters. The van der Waals surface area contributed by atoms with Gasteiger partial charge in [0.15, 0.2) is 0 Å². The molecular weight excluding hydrogens is 254 g/mol. The van der Waals surface area contributed by atoms with Gasteiger partial charge in [0.05, 0.1) is 31.3 Å². The van der Waals surface area contributed by atoms with Gasteiger partial charge in [0.2, 0.25) is 5.91 Å². The van der Waals surface area contributed by atoms with Crippen molar-refractivity contribution in [2.24, 2.45) is 0 Å². The van der Waals surface area contributed by atoms with Gasteiger partial charge in [-0.25, -0.2) is 0 Å². The van der Waals surface area contributed by atoms with Gasteiger partial charge in [-0.2, -0.15) is 5.10 Å². The average Bonchev–Trinajstić information content (AvgIpc) is 3.12. The summed E-state index contributed by atoms with van der Waals surface area (Å²) in [5.74, 6) is 0.253. The SMILES string of the molecule is Cc1cnn(C[C@H]2CCCN2C(=O)C[C@H]2CCCO2)c1. The van der Waals surface area contributed by atoms with Crippen molar-refractivity contribution in [1.82, 2.24) is 14.7 Å². The minimum atomic E-state index is 0.149. The highest BCUT2D eigenvalue weighted by atomic mass is 16.5. The molecule has 3 rings (SSSR count). The third-order valence-corrected chi connectivity index (χ3v) is 4.28. The average molecular weight is 277 g/mol. The molecule has 2 aliphatic heterocycles. The maximum absolute atomic E-state index is 12.4. The van der Waals surface area contributed by atoms with Crippen LogP contribution in [0.1, 0.15) is 37.7 Å². The molecule has 5 heteroatoms. The van der Waals surface area contributed by atoms with Gasteiger partial charge in [-0.1, -0.05) is 0 Å². The molecule has 0 bridgehead atoms. The minimum Gasteiger partial charge on any atom is -0.378 e. The second-order valence-electron chi connectivity index (χ2n) is 5.96. The number of ether oxygens (including phenoxy) is 1. The molecule has 0 N–H and O–H groups in total. The summed E-state index contributed by atoms with van der Waals surface area (Å²) in [4.78, 5) is 14.5. The standard InChI is InChI=1S/C15H23N3O2/c1-12-9-16-17(10-12)11-13-4-2-6-18(13)15(19)8-14-5-3-7-20-14/h9-10,13-14H,2-8,11H2,1H3/t13-,14-/m1/s1. The normalized spacial score (nSPS) is 26.4. The van der Waals surface area contributed by atoms with Gasteiger partial charge in [0, 0.05) is 19.3 Å². The fourth-order valence-electron chi connectivity index (χ4n) is 3.25. The van der Waals surface area contributed by atoms with Crippen LogP contribution in [0, 0.1) is 6.92 Å². The maximum atomic E-state index is 12.4. The zero-order chi connectivity index (χ0) is 13.9. The molecule has 0 saturated carbocycles.